The summed E-state index contributed by atoms with van der Waals surface area (Å²) < 4.78 is 0. The third kappa shape index (κ3) is 5.93. The van der Waals surface area contributed by atoms with Crippen molar-refractivity contribution in [3.05, 3.63) is 0 Å². The van der Waals surface area contributed by atoms with E-state index in [2.05, 4.69) is 37.3 Å². The number of likely N-dealkylation sites (N-methyl/N-ethyl adjacent to an activating group) is 1. The number of hydrogen-bond acceptors (Lipinski definition) is 8. The third-order valence-corrected chi connectivity index (χ3v) is 7.65. The number of hydrogen-bond donors (Lipinski definition) is 1. The molecule has 0 aromatic carbocycles. The third-order valence-electron chi connectivity index (χ3n) is 6.64. The van der Waals surface area contributed by atoms with Gasteiger partial charge in [0, 0.05) is 64.7 Å². The average molecular weight is 450 g/mol. The Labute approximate surface area is 188 Å². The van der Waals surface area contributed by atoms with Gasteiger partial charge in [-0.25, -0.2) is 0 Å². The van der Waals surface area contributed by atoms with Crippen molar-refractivity contribution in [3.63, 3.8) is 0 Å². The van der Waals surface area contributed by atoms with Crippen molar-refractivity contribution >= 4 is 33.4 Å². The molecule has 1 aromatic heterocycles. The predicted octanol–water partition coefficient (Wildman–Crippen LogP) is 1.03. The van der Waals surface area contributed by atoms with Crippen LogP contribution in [0.2, 0.25) is 0 Å². The van der Waals surface area contributed by atoms with Crippen molar-refractivity contribution in [1.82, 2.24) is 25.3 Å². The highest BCUT2D eigenvalue weighted by Crippen LogP contribution is 2.31. The molecule has 2 amide bonds. The van der Waals surface area contributed by atoms with Gasteiger partial charge in [0.25, 0.3) is 0 Å². The number of anilines is 2. The van der Waals surface area contributed by atoms with Crippen molar-refractivity contribution in [3.8, 4) is 0 Å². The van der Waals surface area contributed by atoms with Gasteiger partial charge in [-0.3, -0.25) is 14.5 Å². The molecule has 0 spiro atoms. The zero-order valence-electron chi connectivity index (χ0n) is 18.6. The van der Waals surface area contributed by atoms with Crippen LogP contribution in [0.15, 0.2) is 0 Å². The smallest absolute Gasteiger partial charge is 0.228 e. The summed E-state index contributed by atoms with van der Waals surface area (Å²) in [5, 5.41) is 13.3. The second kappa shape index (κ2) is 10.7. The molecule has 3 fully saturated rings. The summed E-state index contributed by atoms with van der Waals surface area (Å²) in [5.41, 5.74) is 0. The number of rotatable bonds is 7. The SMILES string of the molecule is CN1CCN(CCCNC(=O)C2CCN(c3nnc(N4CCCCC4=O)s3)CC2)CC1. The molecule has 10 heteroatoms. The minimum Gasteiger partial charge on any atom is -0.356 e. The molecule has 3 saturated heterocycles. The molecular formula is C21H35N7O2S. The monoisotopic (exact) mass is 449 g/mol. The number of piperazine rings is 1. The van der Waals surface area contributed by atoms with E-state index < -0.39 is 0 Å². The lowest BCUT2D eigenvalue weighted by molar-refractivity contribution is -0.125. The molecule has 9 nitrogen and oxygen atoms in total. The number of nitrogens with one attached hydrogen (secondary N) is 1. The number of nitrogens with zero attached hydrogens (tertiary/aromatic N) is 6. The molecule has 0 saturated carbocycles. The van der Waals surface area contributed by atoms with Crippen molar-refractivity contribution < 1.29 is 9.59 Å². The Morgan fingerprint density at radius 1 is 1.03 bits per heavy atom. The highest BCUT2D eigenvalue weighted by atomic mass is 32.1. The van der Waals surface area contributed by atoms with E-state index >= 15 is 0 Å². The summed E-state index contributed by atoms with van der Waals surface area (Å²) in [7, 11) is 2.17. The van der Waals surface area contributed by atoms with Crippen LogP contribution in [0.3, 0.4) is 0 Å². The number of aromatic nitrogens is 2. The molecule has 4 heterocycles. The second-order valence-electron chi connectivity index (χ2n) is 8.92. The summed E-state index contributed by atoms with van der Waals surface area (Å²) in [6.45, 7) is 8.70. The van der Waals surface area contributed by atoms with Crippen LogP contribution in [0.1, 0.15) is 38.5 Å². The quantitative estimate of drug-likeness (QED) is 0.622. The Bertz CT molecular complexity index is 742. The van der Waals surface area contributed by atoms with Crippen LogP contribution in [0.4, 0.5) is 10.3 Å². The van der Waals surface area contributed by atoms with Crippen molar-refractivity contribution in [2.75, 3.05) is 75.8 Å². The zero-order chi connectivity index (χ0) is 21.6. The van der Waals surface area contributed by atoms with Gasteiger partial charge >= 0.3 is 0 Å². The van der Waals surface area contributed by atoms with Gasteiger partial charge in [0.05, 0.1) is 0 Å². The Hall–Kier alpha value is -1.78. The van der Waals surface area contributed by atoms with Gasteiger partial charge in [-0.05, 0) is 45.7 Å². The van der Waals surface area contributed by atoms with Crippen molar-refractivity contribution in [2.24, 2.45) is 5.92 Å². The first kappa shape index (κ1) is 22.4. The maximum atomic E-state index is 12.6. The number of amides is 2. The fourth-order valence-electron chi connectivity index (χ4n) is 4.52. The standard InChI is InChI=1S/C21H35N7O2S/c1-25-13-15-26(16-14-25)9-4-8-22-19(30)17-6-11-27(12-7-17)20-23-24-21(31-20)28-10-3-2-5-18(28)29/h17H,2-16H2,1H3,(H,22,30). The first-order valence-corrected chi connectivity index (χ1v) is 12.5. The Morgan fingerprint density at radius 3 is 2.52 bits per heavy atom. The molecule has 0 radical (unpaired) electrons. The fourth-order valence-corrected chi connectivity index (χ4v) is 5.46. The number of carbonyl (C=O) groups excluding carboxylic acids is 2. The van der Waals surface area contributed by atoms with E-state index in [1.165, 1.54) is 11.3 Å². The summed E-state index contributed by atoms with van der Waals surface area (Å²) in [6, 6.07) is 0. The van der Waals surface area contributed by atoms with Crippen LogP contribution in [0.25, 0.3) is 0 Å². The predicted molar refractivity (Wildman–Crippen MR) is 123 cm³/mol. The van der Waals surface area contributed by atoms with Gasteiger partial charge in [0.2, 0.25) is 22.1 Å². The molecule has 0 atom stereocenters. The minimum atomic E-state index is 0.0796. The van der Waals surface area contributed by atoms with Gasteiger partial charge in [-0.15, -0.1) is 10.2 Å². The molecular weight excluding hydrogens is 414 g/mol. The summed E-state index contributed by atoms with van der Waals surface area (Å²) in [5.74, 6) is 0.419. The maximum Gasteiger partial charge on any atom is 0.228 e. The molecule has 1 aromatic rings. The highest BCUT2D eigenvalue weighted by Gasteiger charge is 2.28. The lowest BCUT2D eigenvalue weighted by atomic mass is 9.96. The molecule has 31 heavy (non-hydrogen) atoms. The topological polar surface area (TPSA) is 84.9 Å². The molecule has 3 aliphatic rings. The number of piperidine rings is 2. The van der Waals surface area contributed by atoms with Crippen molar-refractivity contribution in [1.29, 1.82) is 0 Å². The van der Waals surface area contributed by atoms with E-state index in [1.54, 1.807) is 4.90 Å². The average Bonchev–Trinajstić information content (AvgIpc) is 3.28. The van der Waals surface area contributed by atoms with E-state index in [-0.39, 0.29) is 17.7 Å². The molecule has 0 aliphatic carbocycles. The molecule has 0 bridgehead atoms. The number of carbonyl (C=O) groups is 2. The zero-order valence-corrected chi connectivity index (χ0v) is 19.4. The second-order valence-corrected chi connectivity index (χ2v) is 9.85. The summed E-state index contributed by atoms with van der Waals surface area (Å²) in [4.78, 5) is 33.5. The van der Waals surface area contributed by atoms with Crippen LogP contribution in [-0.2, 0) is 9.59 Å². The van der Waals surface area contributed by atoms with Gasteiger partial charge in [-0.1, -0.05) is 11.3 Å². The van der Waals surface area contributed by atoms with Crippen LogP contribution < -0.4 is 15.1 Å². The van der Waals surface area contributed by atoms with E-state index in [0.717, 1.165) is 96.1 Å². The lowest BCUT2D eigenvalue weighted by Crippen LogP contribution is -2.45. The first-order valence-electron chi connectivity index (χ1n) is 11.7. The van der Waals surface area contributed by atoms with Crippen LogP contribution in [0, 0.1) is 5.92 Å². The maximum absolute atomic E-state index is 12.6. The molecule has 0 unspecified atom stereocenters. The minimum absolute atomic E-state index is 0.0796. The normalized spacial score (nSPS) is 22.2. The van der Waals surface area contributed by atoms with Gasteiger partial charge in [-0.2, -0.15) is 0 Å². The molecule has 3 aliphatic heterocycles. The first-order chi connectivity index (χ1) is 15.1. The molecule has 4 rings (SSSR count). The van der Waals surface area contributed by atoms with E-state index in [9.17, 15) is 9.59 Å². The van der Waals surface area contributed by atoms with Crippen molar-refractivity contribution in [2.45, 2.75) is 38.5 Å². The van der Waals surface area contributed by atoms with E-state index in [1.807, 2.05) is 0 Å². The highest BCUT2D eigenvalue weighted by molar-refractivity contribution is 7.19. The van der Waals surface area contributed by atoms with Gasteiger partial charge < -0.3 is 20.0 Å². The molecule has 172 valence electrons. The van der Waals surface area contributed by atoms with E-state index in [4.69, 9.17) is 0 Å². The van der Waals surface area contributed by atoms with Gasteiger partial charge in [0.1, 0.15) is 0 Å². The van der Waals surface area contributed by atoms with Crippen LogP contribution >= 0.6 is 11.3 Å². The van der Waals surface area contributed by atoms with Crippen LogP contribution in [0.5, 0.6) is 0 Å². The van der Waals surface area contributed by atoms with E-state index in [0.29, 0.717) is 11.6 Å². The van der Waals surface area contributed by atoms with Gasteiger partial charge in [0.15, 0.2) is 0 Å². The Morgan fingerprint density at radius 2 is 1.77 bits per heavy atom. The summed E-state index contributed by atoms with van der Waals surface area (Å²) >= 11 is 1.49. The fraction of sp³-hybridized carbons (Fsp3) is 0.810. The van der Waals surface area contributed by atoms with Crippen LogP contribution in [-0.4, -0.2) is 97.8 Å². The Balaban J connectivity index is 1.16. The summed E-state index contributed by atoms with van der Waals surface area (Å²) in [6.07, 6.45) is 5.27. The molecule has 1 N–H and O–H groups in total. The Kier molecular flexibility index (Phi) is 7.73. The largest absolute Gasteiger partial charge is 0.356 e. The lowest BCUT2D eigenvalue weighted by Gasteiger charge is -2.32.